The minimum absolute atomic E-state index is 0.485. The molecule has 1 saturated heterocycles. The van der Waals surface area contributed by atoms with Gasteiger partial charge >= 0.3 is 0 Å². The van der Waals surface area contributed by atoms with Crippen LogP contribution in [0.25, 0.3) is 0 Å². The average molecular weight is 197 g/mol. The van der Waals surface area contributed by atoms with Crippen LogP contribution in [0.3, 0.4) is 0 Å². The molecule has 0 radical (unpaired) electrons. The van der Waals surface area contributed by atoms with Crippen LogP contribution in [-0.4, -0.2) is 25.3 Å². The molecule has 0 aromatic carbocycles. The summed E-state index contributed by atoms with van der Waals surface area (Å²) in [7, 11) is 0. The van der Waals surface area contributed by atoms with Crippen LogP contribution in [0.15, 0.2) is 0 Å². The zero-order valence-electron chi connectivity index (χ0n) is 9.30. The molecule has 14 heavy (non-hydrogen) atoms. The van der Waals surface area contributed by atoms with Gasteiger partial charge < -0.3 is 10.1 Å². The van der Waals surface area contributed by atoms with E-state index in [9.17, 15) is 0 Å². The summed E-state index contributed by atoms with van der Waals surface area (Å²) in [5, 5.41) is 3.72. The summed E-state index contributed by atoms with van der Waals surface area (Å²) in [6, 6.07) is 0.827. The van der Waals surface area contributed by atoms with Crippen molar-refractivity contribution >= 4 is 0 Å². The monoisotopic (exact) mass is 197 g/mol. The summed E-state index contributed by atoms with van der Waals surface area (Å²) in [4.78, 5) is 0. The van der Waals surface area contributed by atoms with E-state index in [2.05, 4.69) is 12.2 Å². The largest absolute Gasteiger partial charge is 0.378 e. The van der Waals surface area contributed by atoms with Gasteiger partial charge in [0, 0.05) is 12.6 Å². The highest BCUT2D eigenvalue weighted by atomic mass is 16.5. The van der Waals surface area contributed by atoms with E-state index in [-0.39, 0.29) is 0 Å². The number of rotatable bonds is 3. The van der Waals surface area contributed by atoms with Gasteiger partial charge in [-0.05, 0) is 45.1 Å². The number of hydrogen-bond donors (Lipinski definition) is 1. The van der Waals surface area contributed by atoms with Gasteiger partial charge in [-0.2, -0.15) is 0 Å². The smallest absolute Gasteiger partial charge is 0.0550 e. The fourth-order valence-corrected chi connectivity index (χ4v) is 2.74. The first kappa shape index (κ1) is 10.4. The Morgan fingerprint density at radius 2 is 2.00 bits per heavy atom. The third-order valence-electron chi connectivity index (χ3n) is 3.64. The van der Waals surface area contributed by atoms with Crippen LogP contribution in [0.5, 0.6) is 0 Å². The maximum atomic E-state index is 5.55. The molecule has 1 aliphatic carbocycles. The third-order valence-corrected chi connectivity index (χ3v) is 3.64. The molecule has 0 spiro atoms. The van der Waals surface area contributed by atoms with E-state index in [0.29, 0.717) is 6.10 Å². The highest BCUT2D eigenvalue weighted by Gasteiger charge is 2.21. The Labute approximate surface area is 87.4 Å². The molecule has 0 aromatic heterocycles. The summed E-state index contributed by atoms with van der Waals surface area (Å²) in [6.45, 7) is 4.39. The molecule has 0 aromatic rings. The van der Waals surface area contributed by atoms with E-state index in [1.165, 1.54) is 45.1 Å². The number of nitrogens with one attached hydrogen (secondary N) is 1. The molecule has 2 unspecified atom stereocenters. The van der Waals surface area contributed by atoms with Crippen molar-refractivity contribution in [2.75, 3.05) is 13.2 Å². The van der Waals surface area contributed by atoms with Crippen molar-refractivity contribution < 1.29 is 4.74 Å². The van der Waals surface area contributed by atoms with Crippen molar-refractivity contribution in [3.05, 3.63) is 0 Å². The second-order valence-electron chi connectivity index (χ2n) is 4.96. The molecule has 0 bridgehead atoms. The molecule has 2 nitrogen and oxygen atoms in total. The average Bonchev–Trinajstić information content (AvgIpc) is 2.67. The Balaban J connectivity index is 1.64. The van der Waals surface area contributed by atoms with Crippen LogP contribution in [0.2, 0.25) is 0 Å². The van der Waals surface area contributed by atoms with Crippen LogP contribution in [0, 0.1) is 5.92 Å². The Morgan fingerprint density at radius 3 is 2.71 bits per heavy atom. The molecule has 1 N–H and O–H groups in total. The zero-order valence-corrected chi connectivity index (χ0v) is 9.30. The van der Waals surface area contributed by atoms with Gasteiger partial charge in [-0.1, -0.05) is 12.8 Å². The summed E-state index contributed by atoms with van der Waals surface area (Å²) < 4.78 is 5.55. The molecule has 0 amide bonds. The molecule has 2 aliphatic rings. The molecule has 1 saturated carbocycles. The normalized spacial score (nSPS) is 34.9. The van der Waals surface area contributed by atoms with Crippen LogP contribution in [0.4, 0.5) is 0 Å². The standard InChI is InChI=1S/C12H23NO/c1-10-8-11(6-7-14-10)9-13-12-4-2-3-5-12/h10-13H,2-9H2,1H3. The Hall–Kier alpha value is -0.0800. The second kappa shape index (κ2) is 5.13. The van der Waals surface area contributed by atoms with Gasteiger partial charge in [0.25, 0.3) is 0 Å². The molecule has 2 atom stereocenters. The first-order chi connectivity index (χ1) is 6.84. The maximum absolute atomic E-state index is 5.55. The summed E-state index contributed by atoms with van der Waals surface area (Å²) in [6.07, 6.45) is 8.66. The van der Waals surface area contributed by atoms with Crippen LogP contribution >= 0.6 is 0 Å². The van der Waals surface area contributed by atoms with Gasteiger partial charge in [0.1, 0.15) is 0 Å². The highest BCUT2D eigenvalue weighted by Crippen LogP contribution is 2.21. The van der Waals surface area contributed by atoms with Gasteiger partial charge in [-0.15, -0.1) is 0 Å². The maximum Gasteiger partial charge on any atom is 0.0550 e. The van der Waals surface area contributed by atoms with Crippen molar-refractivity contribution in [1.29, 1.82) is 0 Å². The zero-order chi connectivity index (χ0) is 9.80. The lowest BCUT2D eigenvalue weighted by atomic mass is 9.96. The summed E-state index contributed by atoms with van der Waals surface area (Å²) in [5.41, 5.74) is 0. The van der Waals surface area contributed by atoms with Gasteiger partial charge in [-0.25, -0.2) is 0 Å². The fourth-order valence-electron chi connectivity index (χ4n) is 2.74. The molecule has 2 rings (SSSR count). The second-order valence-corrected chi connectivity index (χ2v) is 4.96. The van der Waals surface area contributed by atoms with Crippen LogP contribution in [0.1, 0.15) is 45.4 Å². The van der Waals surface area contributed by atoms with Gasteiger partial charge in [0.2, 0.25) is 0 Å². The molecule has 1 heterocycles. The van der Waals surface area contributed by atoms with Crippen molar-refractivity contribution in [2.45, 2.75) is 57.6 Å². The van der Waals surface area contributed by atoms with Gasteiger partial charge in [-0.3, -0.25) is 0 Å². The van der Waals surface area contributed by atoms with Crippen molar-refractivity contribution in [3.63, 3.8) is 0 Å². The topological polar surface area (TPSA) is 21.3 Å². The Bertz CT molecular complexity index is 166. The van der Waals surface area contributed by atoms with E-state index in [1.54, 1.807) is 0 Å². The predicted molar refractivity (Wildman–Crippen MR) is 58.4 cm³/mol. The van der Waals surface area contributed by atoms with Gasteiger partial charge in [0.15, 0.2) is 0 Å². The first-order valence-electron chi connectivity index (χ1n) is 6.19. The predicted octanol–water partition coefficient (Wildman–Crippen LogP) is 2.33. The van der Waals surface area contributed by atoms with E-state index in [4.69, 9.17) is 4.74 Å². The lowest BCUT2D eigenvalue weighted by Gasteiger charge is -2.28. The third kappa shape index (κ3) is 2.96. The molecule has 82 valence electrons. The minimum Gasteiger partial charge on any atom is -0.378 e. The summed E-state index contributed by atoms with van der Waals surface area (Å²) in [5.74, 6) is 0.861. The number of hydrogen-bond acceptors (Lipinski definition) is 2. The van der Waals surface area contributed by atoms with E-state index in [0.717, 1.165) is 18.6 Å². The Kier molecular flexibility index (Phi) is 3.82. The van der Waals surface area contributed by atoms with Crippen molar-refractivity contribution in [1.82, 2.24) is 5.32 Å². The summed E-state index contributed by atoms with van der Waals surface area (Å²) >= 11 is 0. The Morgan fingerprint density at radius 1 is 1.21 bits per heavy atom. The molecule has 1 aliphatic heterocycles. The first-order valence-corrected chi connectivity index (χ1v) is 6.19. The SMILES string of the molecule is CC1CC(CNC2CCCC2)CCO1. The molecular formula is C12H23NO. The minimum atomic E-state index is 0.485. The lowest BCUT2D eigenvalue weighted by molar-refractivity contribution is 0.00244. The molecule has 2 fully saturated rings. The van der Waals surface area contributed by atoms with E-state index >= 15 is 0 Å². The molecule has 2 heteroatoms. The van der Waals surface area contributed by atoms with Crippen molar-refractivity contribution in [3.8, 4) is 0 Å². The number of ether oxygens (including phenoxy) is 1. The molecular weight excluding hydrogens is 174 g/mol. The van der Waals surface area contributed by atoms with Crippen molar-refractivity contribution in [2.24, 2.45) is 5.92 Å². The van der Waals surface area contributed by atoms with Gasteiger partial charge in [0.05, 0.1) is 6.10 Å². The lowest BCUT2D eigenvalue weighted by Crippen LogP contribution is -2.35. The van der Waals surface area contributed by atoms with E-state index < -0.39 is 0 Å². The quantitative estimate of drug-likeness (QED) is 0.750. The van der Waals surface area contributed by atoms with E-state index in [1.807, 2.05) is 0 Å². The fraction of sp³-hybridized carbons (Fsp3) is 1.00. The highest BCUT2D eigenvalue weighted by molar-refractivity contribution is 4.77. The van der Waals surface area contributed by atoms with Crippen LogP contribution in [-0.2, 0) is 4.74 Å². The van der Waals surface area contributed by atoms with Crippen LogP contribution < -0.4 is 5.32 Å².